The fraction of sp³-hybridized carbons (Fsp3) is 0.800. The zero-order valence-electron chi connectivity index (χ0n) is 31.2. The van der Waals surface area contributed by atoms with Crippen molar-refractivity contribution in [1.29, 1.82) is 0 Å². The second-order valence-electron chi connectivity index (χ2n) is 13.9. The summed E-state index contributed by atoms with van der Waals surface area (Å²) in [5, 5.41) is 9.02. The van der Waals surface area contributed by atoms with Gasteiger partial charge in [-0.25, -0.2) is 4.98 Å². The fourth-order valence-corrected chi connectivity index (χ4v) is 6.95. The number of aromatic nitrogens is 2. The summed E-state index contributed by atoms with van der Waals surface area (Å²) in [5.41, 5.74) is 0.938. The van der Waals surface area contributed by atoms with Gasteiger partial charge in [0.25, 0.3) is 0 Å². The number of imidazole rings is 1. The molecule has 1 aromatic heterocycles. The van der Waals surface area contributed by atoms with Crippen molar-refractivity contribution in [2.45, 2.75) is 117 Å². The van der Waals surface area contributed by atoms with Gasteiger partial charge < -0.3 is 40.2 Å². The number of hydrogen-bond donors (Lipinski definition) is 4. The van der Waals surface area contributed by atoms with E-state index in [0.29, 0.717) is 19.5 Å². The minimum Gasteiger partial charge on any atom is -0.379 e. The van der Waals surface area contributed by atoms with Gasteiger partial charge in [-0.2, -0.15) is 0 Å². The highest BCUT2D eigenvalue weighted by atomic mass is 16.5. The van der Waals surface area contributed by atoms with Crippen LogP contribution in [0.5, 0.6) is 0 Å². The molecule has 4 N–H and O–H groups in total. The Balaban J connectivity index is 2.20. The number of likely N-dealkylation sites (tertiary alicyclic amines) is 1. The number of nitrogens with zero attached hydrogens (tertiary/aromatic N) is 3. The van der Waals surface area contributed by atoms with E-state index in [1.165, 1.54) is 0 Å². The van der Waals surface area contributed by atoms with E-state index in [0.717, 1.165) is 25.0 Å². The van der Waals surface area contributed by atoms with Crippen LogP contribution in [0.15, 0.2) is 12.5 Å². The van der Waals surface area contributed by atoms with Crippen LogP contribution in [0, 0.1) is 23.7 Å². The molecule has 3 unspecified atom stereocenters. The van der Waals surface area contributed by atoms with E-state index >= 15 is 0 Å². The summed E-state index contributed by atoms with van der Waals surface area (Å²) >= 11 is 0. The number of likely N-dealkylation sites (N-methyl/N-ethyl adjacent to an activating group) is 2. The number of amides is 4. The second-order valence-corrected chi connectivity index (χ2v) is 13.9. The minimum absolute atomic E-state index is 0.00695. The number of rotatable bonds is 20. The molecule has 1 aromatic rings. The van der Waals surface area contributed by atoms with E-state index < -0.39 is 36.3 Å². The van der Waals surface area contributed by atoms with Gasteiger partial charge in [0.15, 0.2) is 0 Å². The number of methoxy groups -OCH3 is 2. The topological polar surface area (TPSA) is 158 Å². The lowest BCUT2D eigenvalue weighted by molar-refractivity contribution is -0.147. The van der Waals surface area contributed by atoms with Crippen molar-refractivity contribution in [3.63, 3.8) is 0 Å². The van der Waals surface area contributed by atoms with Crippen LogP contribution in [0.2, 0.25) is 0 Å². The molecule has 13 heteroatoms. The van der Waals surface area contributed by atoms with Crippen LogP contribution in [0.4, 0.5) is 0 Å². The third-order valence-corrected chi connectivity index (χ3v) is 10.00. The maximum absolute atomic E-state index is 14.1. The molecule has 0 spiro atoms. The zero-order chi connectivity index (χ0) is 36.1. The van der Waals surface area contributed by atoms with Crippen LogP contribution in [0.1, 0.15) is 79.8 Å². The molecular weight excluding hydrogens is 614 g/mol. The Kier molecular flexibility index (Phi) is 17.0. The largest absolute Gasteiger partial charge is 0.379 e. The number of carbonyl (C=O) groups excluding carboxylic acids is 4. The van der Waals surface area contributed by atoms with Crippen molar-refractivity contribution < 1.29 is 28.7 Å². The quantitative estimate of drug-likeness (QED) is 0.164. The summed E-state index contributed by atoms with van der Waals surface area (Å²) in [6.45, 7) is 14.7. The Morgan fingerprint density at radius 3 is 2.23 bits per heavy atom. The summed E-state index contributed by atoms with van der Waals surface area (Å²) < 4.78 is 11.9. The van der Waals surface area contributed by atoms with Crippen LogP contribution in [0.3, 0.4) is 0 Å². The Bertz CT molecular complexity index is 1150. The first kappa shape index (κ1) is 41.1. The fourth-order valence-electron chi connectivity index (χ4n) is 6.95. The molecule has 1 aliphatic rings. The molecule has 0 aromatic carbocycles. The van der Waals surface area contributed by atoms with E-state index in [2.05, 4.69) is 32.8 Å². The van der Waals surface area contributed by atoms with Gasteiger partial charge in [-0.3, -0.25) is 19.2 Å². The molecule has 0 aliphatic carbocycles. The number of nitrogens with one attached hydrogen (secondary N) is 4. The number of carbonyl (C=O) groups is 4. The van der Waals surface area contributed by atoms with E-state index in [1.54, 1.807) is 45.7 Å². The van der Waals surface area contributed by atoms with Crippen molar-refractivity contribution in [2.24, 2.45) is 23.7 Å². The normalized spacial score (nSPS) is 19.4. The van der Waals surface area contributed by atoms with E-state index in [-0.39, 0.29) is 53.8 Å². The molecule has 13 nitrogen and oxygen atoms in total. The van der Waals surface area contributed by atoms with Crippen LogP contribution in [0.25, 0.3) is 0 Å². The highest BCUT2D eigenvalue weighted by Gasteiger charge is 2.43. The van der Waals surface area contributed by atoms with E-state index in [1.807, 2.05) is 46.4 Å². The van der Waals surface area contributed by atoms with Gasteiger partial charge in [-0.15, -0.1) is 0 Å². The Labute approximate surface area is 288 Å². The smallest absolute Gasteiger partial charge is 0.245 e. The summed E-state index contributed by atoms with van der Waals surface area (Å²) in [7, 11) is 6.63. The van der Waals surface area contributed by atoms with Crippen LogP contribution in [-0.2, 0) is 35.1 Å². The zero-order valence-corrected chi connectivity index (χ0v) is 31.2. The molecule has 0 saturated carbocycles. The average molecular weight is 678 g/mol. The first-order valence-corrected chi connectivity index (χ1v) is 17.6. The van der Waals surface area contributed by atoms with Gasteiger partial charge in [0.05, 0.1) is 49.0 Å². The third-order valence-electron chi connectivity index (χ3n) is 10.00. The van der Waals surface area contributed by atoms with Crippen LogP contribution >= 0.6 is 0 Å². The average Bonchev–Trinajstić information content (AvgIpc) is 3.76. The number of aromatic amines is 1. The predicted molar refractivity (Wildman–Crippen MR) is 186 cm³/mol. The molecule has 48 heavy (non-hydrogen) atoms. The first-order chi connectivity index (χ1) is 22.7. The molecule has 0 bridgehead atoms. The van der Waals surface area contributed by atoms with Gasteiger partial charge in [-0.05, 0) is 37.6 Å². The lowest BCUT2D eigenvalue weighted by Crippen LogP contribution is -2.59. The van der Waals surface area contributed by atoms with E-state index in [4.69, 9.17) is 9.47 Å². The van der Waals surface area contributed by atoms with Crippen LogP contribution < -0.4 is 16.0 Å². The van der Waals surface area contributed by atoms with Gasteiger partial charge in [0.1, 0.15) is 6.04 Å². The molecule has 8 atom stereocenters. The third kappa shape index (κ3) is 10.7. The van der Waals surface area contributed by atoms with Crippen LogP contribution in [-0.4, -0.2) is 121 Å². The number of ether oxygens (including phenoxy) is 2. The van der Waals surface area contributed by atoms with Gasteiger partial charge in [0.2, 0.25) is 23.6 Å². The summed E-state index contributed by atoms with van der Waals surface area (Å²) in [5.74, 6) is -1.26. The maximum atomic E-state index is 14.1. The summed E-state index contributed by atoms with van der Waals surface area (Å²) in [6, 6.07) is -1.86. The van der Waals surface area contributed by atoms with Crippen molar-refractivity contribution in [3.8, 4) is 0 Å². The Hall–Kier alpha value is -3.03. The second kappa shape index (κ2) is 19.8. The van der Waals surface area contributed by atoms with Gasteiger partial charge in [0, 0.05) is 52.7 Å². The van der Waals surface area contributed by atoms with Crippen molar-refractivity contribution >= 4 is 23.6 Å². The minimum atomic E-state index is -0.741. The molecular formula is C35H63N7O6. The number of hydrogen-bond acceptors (Lipinski definition) is 8. The standard InChI is InChI=1S/C35H63N7O6/c1-12-23(6)31(41(9)35(46)30(22(4)5)40-34(45)29(36-8)21(2)3)27(47-10)18-28(43)42-17-13-14-26(42)32(48-11)24(7)33(44)38-16-15-25-19-37-20-39-25/h19-24,26-27,29-32,36H,12-18H2,1-11H3,(H,37,39)(H,38,44)(H,40,45)/t23-,24+,26?,27+,29?,30?,31-,32+/m0/s1. The Morgan fingerprint density at radius 2 is 1.71 bits per heavy atom. The monoisotopic (exact) mass is 677 g/mol. The highest BCUT2D eigenvalue weighted by molar-refractivity contribution is 5.90. The lowest BCUT2D eigenvalue weighted by atomic mass is 9.89. The molecule has 274 valence electrons. The first-order valence-electron chi connectivity index (χ1n) is 17.6. The molecule has 1 aliphatic heterocycles. The molecule has 4 amide bonds. The molecule has 0 radical (unpaired) electrons. The van der Waals surface area contributed by atoms with Gasteiger partial charge in [-0.1, -0.05) is 54.9 Å². The van der Waals surface area contributed by atoms with Crippen molar-refractivity contribution in [3.05, 3.63) is 18.2 Å². The number of H-pyrrole nitrogens is 1. The van der Waals surface area contributed by atoms with E-state index in [9.17, 15) is 19.2 Å². The molecule has 1 fully saturated rings. The molecule has 2 heterocycles. The summed E-state index contributed by atoms with van der Waals surface area (Å²) in [6.07, 6.45) is 5.25. The maximum Gasteiger partial charge on any atom is 0.245 e. The highest BCUT2D eigenvalue weighted by Crippen LogP contribution is 2.29. The van der Waals surface area contributed by atoms with Crippen molar-refractivity contribution in [2.75, 3.05) is 41.4 Å². The lowest BCUT2D eigenvalue weighted by Gasteiger charge is -2.41. The Morgan fingerprint density at radius 1 is 1.04 bits per heavy atom. The molecule has 1 saturated heterocycles. The molecule has 2 rings (SSSR count). The van der Waals surface area contributed by atoms with Crippen molar-refractivity contribution in [1.82, 2.24) is 35.7 Å². The predicted octanol–water partition coefficient (Wildman–Crippen LogP) is 2.37. The van der Waals surface area contributed by atoms with Gasteiger partial charge >= 0.3 is 0 Å². The SMILES string of the molecule is CC[C@H](C)[C@@H]([C@@H](CC(=O)N1CCCC1[C@H](OC)[C@@H](C)C(=O)NCCc1cnc[nH]1)OC)N(C)C(=O)C(NC(=O)C(NC)C(C)C)C(C)C. The summed E-state index contributed by atoms with van der Waals surface area (Å²) in [4.78, 5) is 64.9.